The van der Waals surface area contributed by atoms with Crippen LogP contribution in [0.15, 0.2) is 54.6 Å². The molecule has 1 fully saturated rings. The normalized spacial score (nSPS) is 18.5. The molecule has 0 saturated heterocycles. The van der Waals surface area contributed by atoms with E-state index in [4.69, 9.17) is 58.0 Å². The number of pyridine rings is 1. The Balaban J connectivity index is 1.51. The Bertz CT molecular complexity index is 1250. The molecule has 4 rings (SSSR count). The van der Waals surface area contributed by atoms with Crippen LogP contribution < -0.4 is 10.6 Å². The number of alkyl halides is 2. The highest BCUT2D eigenvalue weighted by Gasteiger charge is 2.67. The predicted molar refractivity (Wildman–Crippen MR) is 129 cm³/mol. The van der Waals surface area contributed by atoms with Gasteiger partial charge in [-0.1, -0.05) is 40.9 Å². The third kappa shape index (κ3) is 5.20. The number of amides is 2. The molecular formula is C22H13Cl5FN3O2. The number of carbonyl (C=O) groups excluding carboxylic acids is 2. The lowest BCUT2D eigenvalue weighted by Gasteiger charge is -2.10. The summed E-state index contributed by atoms with van der Waals surface area (Å²) in [5.41, 5.74) is 0.981. The van der Waals surface area contributed by atoms with Crippen molar-refractivity contribution in [1.29, 1.82) is 0 Å². The van der Waals surface area contributed by atoms with Crippen molar-refractivity contribution in [2.24, 2.45) is 5.92 Å². The Labute approximate surface area is 213 Å². The molecule has 5 nitrogen and oxygen atoms in total. The van der Waals surface area contributed by atoms with Gasteiger partial charge in [0.05, 0.1) is 16.5 Å². The van der Waals surface area contributed by atoms with E-state index in [1.807, 2.05) is 0 Å². The predicted octanol–water partition coefficient (Wildman–Crippen LogP) is 6.96. The Morgan fingerprint density at radius 3 is 2.30 bits per heavy atom. The zero-order valence-electron chi connectivity index (χ0n) is 16.4. The van der Waals surface area contributed by atoms with Gasteiger partial charge < -0.3 is 10.6 Å². The van der Waals surface area contributed by atoms with E-state index in [1.54, 1.807) is 18.2 Å². The SMILES string of the molecule is O=C(Nc1cccc(F)n1)c1cc(NC(=O)C2C(c3cc(Cl)cc(Cl)c3)C2(Cl)Cl)ccc1Cl. The Morgan fingerprint density at radius 1 is 0.939 bits per heavy atom. The summed E-state index contributed by atoms with van der Waals surface area (Å²) in [5.74, 6) is -3.12. The molecule has 1 heterocycles. The first-order valence-corrected chi connectivity index (χ1v) is 11.3. The second-order valence-electron chi connectivity index (χ2n) is 7.32. The van der Waals surface area contributed by atoms with Crippen LogP contribution in [0.2, 0.25) is 15.1 Å². The summed E-state index contributed by atoms with van der Waals surface area (Å²) in [5, 5.41) is 6.07. The first kappa shape index (κ1) is 24.0. The van der Waals surface area contributed by atoms with Crippen LogP contribution in [0.3, 0.4) is 0 Å². The van der Waals surface area contributed by atoms with E-state index in [0.717, 1.165) is 6.07 Å². The van der Waals surface area contributed by atoms with Crippen LogP contribution >= 0.6 is 58.0 Å². The molecule has 1 aliphatic rings. The van der Waals surface area contributed by atoms with Crippen LogP contribution in [0, 0.1) is 11.9 Å². The summed E-state index contributed by atoms with van der Waals surface area (Å²) < 4.78 is 11.9. The maximum Gasteiger partial charge on any atom is 0.258 e. The van der Waals surface area contributed by atoms with Crippen molar-refractivity contribution in [2.45, 2.75) is 10.3 Å². The largest absolute Gasteiger partial charge is 0.326 e. The molecule has 2 N–H and O–H groups in total. The van der Waals surface area contributed by atoms with E-state index in [1.165, 1.54) is 30.3 Å². The average Bonchev–Trinajstić information content (AvgIpc) is 3.31. The quantitative estimate of drug-likeness (QED) is 0.268. The number of rotatable bonds is 5. The average molecular weight is 548 g/mol. The molecule has 3 aromatic rings. The molecule has 0 spiro atoms. The number of benzene rings is 2. The van der Waals surface area contributed by atoms with Crippen LogP contribution in [-0.4, -0.2) is 21.1 Å². The molecule has 11 heteroatoms. The van der Waals surface area contributed by atoms with Crippen LogP contribution in [0.1, 0.15) is 21.8 Å². The molecule has 1 saturated carbocycles. The van der Waals surface area contributed by atoms with Gasteiger partial charge in [-0.15, -0.1) is 23.2 Å². The van der Waals surface area contributed by atoms with Gasteiger partial charge in [0.15, 0.2) is 0 Å². The number of hydrogen-bond acceptors (Lipinski definition) is 3. The smallest absolute Gasteiger partial charge is 0.258 e. The molecule has 0 aliphatic heterocycles. The van der Waals surface area contributed by atoms with Gasteiger partial charge in [0.25, 0.3) is 5.91 Å². The van der Waals surface area contributed by atoms with Crippen molar-refractivity contribution >= 4 is 81.3 Å². The number of nitrogens with zero attached hydrogens (tertiary/aromatic N) is 1. The van der Waals surface area contributed by atoms with E-state index >= 15 is 0 Å². The highest BCUT2D eigenvalue weighted by Crippen LogP contribution is 2.65. The van der Waals surface area contributed by atoms with E-state index in [0.29, 0.717) is 21.3 Å². The number of anilines is 2. The van der Waals surface area contributed by atoms with Crippen LogP contribution in [0.25, 0.3) is 0 Å². The standard InChI is InChI=1S/C22H13Cl5FN3O2/c23-11-6-10(7-12(24)8-11)18-19(22(18,26)27)21(33)29-13-4-5-15(25)14(9-13)20(32)31-17-3-1-2-16(28)30-17/h1-9,18-19H,(H,29,33)(H,30,31,32). The summed E-state index contributed by atoms with van der Waals surface area (Å²) in [6, 6.07) is 13.2. The summed E-state index contributed by atoms with van der Waals surface area (Å²) in [6.45, 7) is 0. The minimum absolute atomic E-state index is 0.0144. The fourth-order valence-electron chi connectivity index (χ4n) is 3.48. The molecule has 2 unspecified atom stereocenters. The van der Waals surface area contributed by atoms with Crippen molar-refractivity contribution in [3.8, 4) is 0 Å². The van der Waals surface area contributed by atoms with E-state index < -0.39 is 33.9 Å². The van der Waals surface area contributed by atoms with Crippen molar-refractivity contribution in [3.63, 3.8) is 0 Å². The van der Waals surface area contributed by atoms with Crippen LogP contribution in [0.4, 0.5) is 15.9 Å². The topological polar surface area (TPSA) is 71.1 Å². The molecule has 2 amide bonds. The second-order valence-corrected chi connectivity index (χ2v) is 10.0. The number of nitrogens with one attached hydrogen (secondary N) is 2. The first-order valence-electron chi connectivity index (χ1n) is 9.44. The molecule has 33 heavy (non-hydrogen) atoms. The van der Waals surface area contributed by atoms with Crippen molar-refractivity contribution in [3.05, 3.63) is 86.7 Å². The molecule has 0 bridgehead atoms. The maximum absolute atomic E-state index is 13.3. The third-order valence-corrected chi connectivity index (χ3v) is 6.72. The Hall–Kier alpha value is -2.09. The lowest BCUT2D eigenvalue weighted by molar-refractivity contribution is -0.117. The molecule has 1 aliphatic carbocycles. The number of halogens is 6. The lowest BCUT2D eigenvalue weighted by atomic mass is 10.1. The minimum Gasteiger partial charge on any atom is -0.326 e. The van der Waals surface area contributed by atoms with Crippen molar-refractivity contribution in [2.75, 3.05) is 10.6 Å². The van der Waals surface area contributed by atoms with Gasteiger partial charge in [-0.3, -0.25) is 9.59 Å². The second kappa shape index (κ2) is 9.28. The fourth-order valence-corrected chi connectivity index (χ4v) is 5.06. The van der Waals surface area contributed by atoms with Gasteiger partial charge in [0.2, 0.25) is 11.9 Å². The van der Waals surface area contributed by atoms with E-state index in [2.05, 4.69) is 15.6 Å². The molecule has 2 atom stereocenters. The minimum atomic E-state index is -1.35. The summed E-state index contributed by atoms with van der Waals surface area (Å²) in [6.07, 6.45) is 0. The van der Waals surface area contributed by atoms with Gasteiger partial charge in [-0.25, -0.2) is 4.98 Å². The van der Waals surface area contributed by atoms with E-state index in [-0.39, 0.29) is 16.4 Å². The van der Waals surface area contributed by atoms with Gasteiger partial charge in [-0.05, 0) is 54.1 Å². The van der Waals surface area contributed by atoms with E-state index in [9.17, 15) is 14.0 Å². The summed E-state index contributed by atoms with van der Waals surface area (Å²) in [7, 11) is 0. The number of aromatic nitrogens is 1. The Morgan fingerprint density at radius 2 is 1.64 bits per heavy atom. The monoisotopic (exact) mass is 545 g/mol. The third-order valence-electron chi connectivity index (χ3n) is 5.02. The van der Waals surface area contributed by atoms with Gasteiger partial charge >= 0.3 is 0 Å². The zero-order chi connectivity index (χ0) is 23.9. The highest BCUT2D eigenvalue weighted by molar-refractivity contribution is 6.53. The Kier molecular flexibility index (Phi) is 6.76. The fraction of sp³-hybridized carbons (Fsp3) is 0.136. The van der Waals surface area contributed by atoms with Gasteiger partial charge in [-0.2, -0.15) is 4.39 Å². The lowest BCUT2D eigenvalue weighted by Crippen LogP contribution is -2.18. The summed E-state index contributed by atoms with van der Waals surface area (Å²) >= 11 is 31.0. The molecule has 2 aromatic carbocycles. The number of hydrogen-bond donors (Lipinski definition) is 2. The van der Waals surface area contributed by atoms with Crippen molar-refractivity contribution < 1.29 is 14.0 Å². The van der Waals surface area contributed by atoms with Crippen LogP contribution in [0.5, 0.6) is 0 Å². The van der Waals surface area contributed by atoms with Gasteiger partial charge in [0.1, 0.15) is 10.2 Å². The zero-order valence-corrected chi connectivity index (χ0v) is 20.2. The summed E-state index contributed by atoms with van der Waals surface area (Å²) in [4.78, 5) is 29.1. The maximum atomic E-state index is 13.3. The molecular weight excluding hydrogens is 535 g/mol. The molecule has 0 radical (unpaired) electrons. The first-order chi connectivity index (χ1) is 15.6. The van der Waals surface area contributed by atoms with Gasteiger partial charge in [0, 0.05) is 21.7 Å². The van der Waals surface area contributed by atoms with Crippen LogP contribution in [-0.2, 0) is 4.79 Å². The number of carbonyl (C=O) groups is 2. The molecule has 170 valence electrons. The van der Waals surface area contributed by atoms with Crippen molar-refractivity contribution in [1.82, 2.24) is 4.98 Å². The highest BCUT2D eigenvalue weighted by atomic mass is 35.5. The molecule has 1 aromatic heterocycles.